The minimum atomic E-state index is 0.155. The van der Waals surface area contributed by atoms with E-state index in [1.165, 1.54) is 37.7 Å². The van der Waals surface area contributed by atoms with Crippen LogP contribution >= 0.6 is 0 Å². The van der Waals surface area contributed by atoms with Crippen LogP contribution in [0.3, 0.4) is 0 Å². The van der Waals surface area contributed by atoms with E-state index in [1.54, 1.807) is 0 Å². The molecular weight excluding hydrogens is 184 g/mol. The van der Waals surface area contributed by atoms with Crippen LogP contribution in [0.5, 0.6) is 0 Å². The van der Waals surface area contributed by atoms with Crippen molar-refractivity contribution in [1.82, 2.24) is 0 Å². The third-order valence-electron chi connectivity index (χ3n) is 3.61. The molecule has 0 saturated heterocycles. The highest BCUT2D eigenvalue weighted by Gasteiger charge is 2.42. The molecule has 1 aliphatic carbocycles. The highest BCUT2D eigenvalue weighted by atomic mass is 16.3. The van der Waals surface area contributed by atoms with Crippen molar-refractivity contribution < 1.29 is 5.11 Å². The number of rotatable bonds is 5. The Labute approximate surface area is 92.1 Å². The summed E-state index contributed by atoms with van der Waals surface area (Å²) in [7, 11) is 0. The first-order valence-electron chi connectivity index (χ1n) is 6.01. The molecule has 0 spiro atoms. The molecule has 1 fully saturated rings. The van der Waals surface area contributed by atoms with E-state index in [-0.39, 0.29) is 6.61 Å². The molecule has 1 nitrogen and oxygen atoms in total. The van der Waals surface area contributed by atoms with E-state index in [0.29, 0.717) is 5.41 Å². The second kappa shape index (κ2) is 4.36. The predicted molar refractivity (Wildman–Crippen MR) is 62.8 cm³/mol. The van der Waals surface area contributed by atoms with E-state index in [1.807, 2.05) is 0 Å². The molecular formula is C14H20O. The van der Waals surface area contributed by atoms with E-state index in [2.05, 4.69) is 31.2 Å². The van der Waals surface area contributed by atoms with Crippen molar-refractivity contribution in [2.75, 3.05) is 0 Å². The highest BCUT2D eigenvalue weighted by Crippen LogP contribution is 2.51. The van der Waals surface area contributed by atoms with Crippen LogP contribution in [0.1, 0.15) is 50.2 Å². The molecule has 0 aromatic heterocycles. The molecule has 0 atom stereocenters. The van der Waals surface area contributed by atoms with Gasteiger partial charge in [0.25, 0.3) is 0 Å². The first-order chi connectivity index (χ1) is 7.30. The zero-order chi connectivity index (χ0) is 10.7. The minimum absolute atomic E-state index is 0.155. The maximum Gasteiger partial charge on any atom is 0.0681 e. The molecule has 0 amide bonds. The molecule has 0 heterocycles. The van der Waals surface area contributed by atoms with Gasteiger partial charge >= 0.3 is 0 Å². The van der Waals surface area contributed by atoms with Crippen LogP contribution in [0.2, 0.25) is 0 Å². The Hall–Kier alpha value is -0.820. The number of unbranched alkanes of at least 4 members (excludes halogenated alkanes) is 1. The first kappa shape index (κ1) is 10.7. The first-order valence-corrected chi connectivity index (χ1v) is 6.01. The van der Waals surface area contributed by atoms with Crippen LogP contribution < -0.4 is 0 Å². The lowest BCUT2D eigenvalue weighted by Crippen LogP contribution is -2.06. The summed E-state index contributed by atoms with van der Waals surface area (Å²) in [6.07, 6.45) is 6.66. The van der Waals surface area contributed by atoms with Gasteiger partial charge in [-0.15, -0.1) is 0 Å². The molecule has 1 heteroatoms. The molecule has 1 aromatic carbocycles. The summed E-state index contributed by atoms with van der Waals surface area (Å²) < 4.78 is 0. The van der Waals surface area contributed by atoms with Gasteiger partial charge in [0, 0.05) is 0 Å². The number of hydrogen-bond acceptors (Lipinski definition) is 1. The van der Waals surface area contributed by atoms with Gasteiger partial charge in [-0.25, -0.2) is 0 Å². The zero-order valence-electron chi connectivity index (χ0n) is 9.50. The van der Waals surface area contributed by atoms with Crippen molar-refractivity contribution >= 4 is 0 Å². The summed E-state index contributed by atoms with van der Waals surface area (Å²) in [5, 5.41) is 8.99. The van der Waals surface area contributed by atoms with Crippen LogP contribution in [0.25, 0.3) is 0 Å². The SMILES string of the molecule is CCCCC1(c2ccc(CO)cc2)CC1. The van der Waals surface area contributed by atoms with Crippen LogP contribution in [0, 0.1) is 0 Å². The molecule has 1 aliphatic rings. The smallest absolute Gasteiger partial charge is 0.0681 e. The van der Waals surface area contributed by atoms with Crippen molar-refractivity contribution in [3.05, 3.63) is 35.4 Å². The Morgan fingerprint density at radius 1 is 1.20 bits per heavy atom. The summed E-state index contributed by atoms with van der Waals surface area (Å²) >= 11 is 0. The van der Waals surface area contributed by atoms with Gasteiger partial charge in [-0.2, -0.15) is 0 Å². The Morgan fingerprint density at radius 3 is 2.33 bits per heavy atom. The maximum atomic E-state index is 8.99. The monoisotopic (exact) mass is 204 g/mol. The quantitative estimate of drug-likeness (QED) is 0.779. The topological polar surface area (TPSA) is 20.2 Å². The van der Waals surface area contributed by atoms with E-state index >= 15 is 0 Å². The van der Waals surface area contributed by atoms with Crippen LogP contribution in [0.15, 0.2) is 24.3 Å². The Morgan fingerprint density at radius 2 is 1.87 bits per heavy atom. The van der Waals surface area contributed by atoms with Gasteiger partial charge in [-0.1, -0.05) is 44.0 Å². The molecule has 82 valence electrons. The van der Waals surface area contributed by atoms with Crippen LogP contribution in [-0.2, 0) is 12.0 Å². The summed E-state index contributed by atoms with van der Waals surface area (Å²) in [4.78, 5) is 0. The van der Waals surface area contributed by atoms with Crippen LogP contribution in [0.4, 0.5) is 0 Å². The van der Waals surface area contributed by atoms with Crippen LogP contribution in [-0.4, -0.2) is 5.11 Å². The molecule has 0 aliphatic heterocycles. The van der Waals surface area contributed by atoms with Gasteiger partial charge in [-0.05, 0) is 35.8 Å². The molecule has 2 rings (SSSR count). The minimum Gasteiger partial charge on any atom is -0.392 e. The fourth-order valence-electron chi connectivity index (χ4n) is 2.31. The fourth-order valence-corrected chi connectivity index (χ4v) is 2.31. The summed E-state index contributed by atoms with van der Waals surface area (Å²) in [5.41, 5.74) is 3.00. The largest absolute Gasteiger partial charge is 0.392 e. The number of hydrogen-bond donors (Lipinski definition) is 1. The lowest BCUT2D eigenvalue weighted by Gasteiger charge is -2.15. The van der Waals surface area contributed by atoms with Gasteiger partial charge in [0.05, 0.1) is 6.61 Å². The maximum absolute atomic E-state index is 8.99. The zero-order valence-corrected chi connectivity index (χ0v) is 9.50. The molecule has 1 aromatic rings. The fraction of sp³-hybridized carbons (Fsp3) is 0.571. The Bertz CT molecular complexity index is 309. The lowest BCUT2D eigenvalue weighted by molar-refractivity contribution is 0.282. The normalized spacial score (nSPS) is 17.7. The van der Waals surface area contributed by atoms with E-state index in [4.69, 9.17) is 5.11 Å². The number of aliphatic hydroxyl groups is 1. The van der Waals surface area contributed by atoms with Crippen molar-refractivity contribution in [2.24, 2.45) is 0 Å². The van der Waals surface area contributed by atoms with Crippen molar-refractivity contribution in [3.63, 3.8) is 0 Å². The summed E-state index contributed by atoms with van der Waals surface area (Å²) in [6, 6.07) is 8.52. The Balaban J connectivity index is 2.08. The van der Waals surface area contributed by atoms with Gasteiger partial charge in [0.15, 0.2) is 0 Å². The molecule has 15 heavy (non-hydrogen) atoms. The standard InChI is InChI=1S/C14H20O/c1-2-3-8-14(9-10-14)13-6-4-12(11-15)5-7-13/h4-7,15H,2-3,8-11H2,1H3. The van der Waals surface area contributed by atoms with E-state index in [0.717, 1.165) is 5.56 Å². The average molecular weight is 204 g/mol. The Kier molecular flexibility index (Phi) is 3.11. The van der Waals surface area contributed by atoms with E-state index in [9.17, 15) is 0 Å². The average Bonchev–Trinajstić information content (AvgIpc) is 3.08. The lowest BCUT2D eigenvalue weighted by atomic mass is 9.90. The molecule has 0 unspecified atom stereocenters. The van der Waals surface area contributed by atoms with Gasteiger partial charge in [-0.3, -0.25) is 0 Å². The third-order valence-corrected chi connectivity index (χ3v) is 3.61. The molecule has 1 saturated carbocycles. The predicted octanol–water partition coefficient (Wildman–Crippen LogP) is 3.40. The molecule has 0 radical (unpaired) electrons. The second-order valence-electron chi connectivity index (χ2n) is 4.74. The van der Waals surface area contributed by atoms with E-state index < -0.39 is 0 Å². The van der Waals surface area contributed by atoms with Gasteiger partial charge < -0.3 is 5.11 Å². The third kappa shape index (κ3) is 2.23. The summed E-state index contributed by atoms with van der Waals surface area (Å²) in [6.45, 7) is 2.41. The van der Waals surface area contributed by atoms with Gasteiger partial charge in [0.1, 0.15) is 0 Å². The van der Waals surface area contributed by atoms with Crippen molar-refractivity contribution in [3.8, 4) is 0 Å². The number of aliphatic hydroxyl groups excluding tert-OH is 1. The second-order valence-corrected chi connectivity index (χ2v) is 4.74. The molecule has 0 bridgehead atoms. The summed E-state index contributed by atoms with van der Waals surface area (Å²) in [5.74, 6) is 0. The number of benzene rings is 1. The van der Waals surface area contributed by atoms with Crippen molar-refractivity contribution in [2.45, 2.75) is 51.0 Å². The molecule has 1 N–H and O–H groups in total. The van der Waals surface area contributed by atoms with Gasteiger partial charge in [0.2, 0.25) is 0 Å². The van der Waals surface area contributed by atoms with Crippen molar-refractivity contribution in [1.29, 1.82) is 0 Å². The highest BCUT2D eigenvalue weighted by molar-refractivity contribution is 5.33.